The first-order valence-electron chi connectivity index (χ1n) is 7.95. The quantitative estimate of drug-likeness (QED) is 0.860. The summed E-state index contributed by atoms with van der Waals surface area (Å²) in [6, 6.07) is 6.98. The van der Waals surface area contributed by atoms with Gasteiger partial charge < -0.3 is 10.2 Å². The second-order valence-corrected chi connectivity index (χ2v) is 9.10. The highest BCUT2D eigenvalue weighted by Gasteiger charge is 2.52. The molecule has 0 radical (unpaired) electrons. The maximum Gasteiger partial charge on any atom is 0.249 e. The maximum atomic E-state index is 12.7. The van der Waals surface area contributed by atoms with E-state index in [2.05, 4.69) is 10.3 Å². The van der Waals surface area contributed by atoms with Crippen LogP contribution in [0.1, 0.15) is 19.8 Å². The Morgan fingerprint density at radius 3 is 2.92 bits per heavy atom. The molecular weight excluding hydrogens is 378 g/mol. The van der Waals surface area contributed by atoms with Crippen LogP contribution in [0.3, 0.4) is 0 Å². The predicted octanol–water partition coefficient (Wildman–Crippen LogP) is 3.86. The number of rotatable bonds is 3. The van der Waals surface area contributed by atoms with Gasteiger partial charge in [-0.1, -0.05) is 23.7 Å². The van der Waals surface area contributed by atoms with Crippen LogP contribution in [0.5, 0.6) is 0 Å². The lowest BCUT2D eigenvalue weighted by atomic mass is 10.2. The van der Waals surface area contributed by atoms with Crippen molar-refractivity contribution < 1.29 is 9.59 Å². The summed E-state index contributed by atoms with van der Waals surface area (Å²) in [4.78, 5) is 30.8. The first-order valence-corrected chi connectivity index (χ1v) is 10.2. The summed E-state index contributed by atoms with van der Waals surface area (Å²) in [5, 5.41) is 5.98. The number of nitrogens with zero attached hydrogens (tertiary/aromatic N) is 2. The lowest BCUT2D eigenvalue weighted by Gasteiger charge is -2.29. The van der Waals surface area contributed by atoms with E-state index in [0.29, 0.717) is 22.3 Å². The summed E-state index contributed by atoms with van der Waals surface area (Å²) in [7, 11) is 0. The fourth-order valence-corrected chi connectivity index (χ4v) is 5.57. The van der Waals surface area contributed by atoms with Gasteiger partial charge in [0, 0.05) is 28.1 Å². The van der Waals surface area contributed by atoms with Crippen molar-refractivity contribution in [2.45, 2.75) is 30.7 Å². The van der Waals surface area contributed by atoms with Gasteiger partial charge in [-0.3, -0.25) is 9.59 Å². The van der Waals surface area contributed by atoms with Gasteiger partial charge in [0.2, 0.25) is 11.8 Å². The van der Waals surface area contributed by atoms with Crippen LogP contribution in [0.4, 0.5) is 5.13 Å². The SMILES string of the molecule is C[C@]12CCC(=O)N1[C@@H](C(=O)Nc1nc(-c3ccc(Cl)cc3)cs1)CS2. The summed E-state index contributed by atoms with van der Waals surface area (Å²) in [5.74, 6) is 0.529. The van der Waals surface area contributed by atoms with E-state index in [4.69, 9.17) is 11.6 Å². The Balaban J connectivity index is 1.49. The Labute approximate surface area is 158 Å². The molecule has 1 aromatic carbocycles. The Morgan fingerprint density at radius 1 is 1.40 bits per heavy atom. The first kappa shape index (κ1) is 16.9. The number of carbonyl (C=O) groups excluding carboxylic acids is 2. The minimum absolute atomic E-state index is 0.0636. The fourth-order valence-electron chi connectivity index (χ4n) is 3.29. The zero-order valence-electron chi connectivity index (χ0n) is 13.5. The van der Waals surface area contributed by atoms with E-state index < -0.39 is 6.04 Å². The minimum atomic E-state index is -0.423. The molecule has 25 heavy (non-hydrogen) atoms. The molecule has 130 valence electrons. The Morgan fingerprint density at radius 2 is 2.16 bits per heavy atom. The van der Waals surface area contributed by atoms with Crippen molar-refractivity contribution in [3.8, 4) is 11.3 Å². The lowest BCUT2D eigenvalue weighted by Crippen LogP contribution is -2.48. The van der Waals surface area contributed by atoms with Gasteiger partial charge in [-0.15, -0.1) is 23.1 Å². The first-order chi connectivity index (χ1) is 12.0. The third-order valence-corrected chi connectivity index (χ3v) is 7.14. The number of hydrogen-bond donors (Lipinski definition) is 1. The molecule has 0 aliphatic carbocycles. The van der Waals surface area contributed by atoms with Gasteiger partial charge in [-0.05, 0) is 25.5 Å². The number of amides is 2. The van der Waals surface area contributed by atoms with Gasteiger partial charge in [-0.25, -0.2) is 4.98 Å². The van der Waals surface area contributed by atoms with Gasteiger partial charge in [-0.2, -0.15) is 0 Å². The molecule has 0 saturated carbocycles. The molecule has 0 unspecified atom stereocenters. The molecule has 2 aliphatic heterocycles. The van der Waals surface area contributed by atoms with E-state index in [1.165, 1.54) is 11.3 Å². The molecule has 2 saturated heterocycles. The maximum absolute atomic E-state index is 12.7. The summed E-state index contributed by atoms with van der Waals surface area (Å²) in [6.07, 6.45) is 1.32. The van der Waals surface area contributed by atoms with E-state index in [1.807, 2.05) is 36.6 Å². The largest absolute Gasteiger partial charge is 0.315 e. The number of nitrogens with one attached hydrogen (secondary N) is 1. The number of fused-ring (bicyclic) bond motifs is 1. The molecule has 2 fully saturated rings. The molecule has 0 spiro atoms. The van der Waals surface area contributed by atoms with Crippen molar-refractivity contribution in [2.75, 3.05) is 11.1 Å². The second kappa shape index (κ2) is 6.30. The summed E-state index contributed by atoms with van der Waals surface area (Å²) in [5.41, 5.74) is 1.74. The van der Waals surface area contributed by atoms with Crippen LogP contribution in [0, 0.1) is 0 Å². The van der Waals surface area contributed by atoms with Gasteiger partial charge in [0.25, 0.3) is 0 Å². The highest BCUT2D eigenvalue weighted by Crippen LogP contribution is 2.47. The van der Waals surface area contributed by atoms with Gasteiger partial charge in [0.05, 0.1) is 10.6 Å². The van der Waals surface area contributed by atoms with Gasteiger partial charge in [0.15, 0.2) is 5.13 Å². The summed E-state index contributed by atoms with van der Waals surface area (Å²) < 4.78 is 0. The van der Waals surface area contributed by atoms with Crippen molar-refractivity contribution in [1.82, 2.24) is 9.88 Å². The predicted molar refractivity (Wildman–Crippen MR) is 102 cm³/mol. The number of hydrogen-bond acceptors (Lipinski definition) is 5. The average Bonchev–Trinajstić information content (AvgIpc) is 3.25. The van der Waals surface area contributed by atoms with E-state index in [-0.39, 0.29) is 16.7 Å². The van der Waals surface area contributed by atoms with Crippen LogP contribution in [0.2, 0.25) is 5.02 Å². The smallest absolute Gasteiger partial charge is 0.249 e. The van der Waals surface area contributed by atoms with E-state index in [0.717, 1.165) is 17.7 Å². The van der Waals surface area contributed by atoms with Crippen molar-refractivity contribution in [3.63, 3.8) is 0 Å². The molecule has 4 rings (SSSR count). The molecule has 8 heteroatoms. The summed E-state index contributed by atoms with van der Waals surface area (Å²) >= 11 is 8.96. The zero-order valence-corrected chi connectivity index (χ0v) is 15.9. The number of thiazole rings is 1. The molecule has 3 heterocycles. The number of benzene rings is 1. The fraction of sp³-hybridized carbons (Fsp3) is 0.353. The molecule has 1 N–H and O–H groups in total. The number of thioether (sulfide) groups is 1. The molecular formula is C17H16ClN3O2S2. The van der Waals surface area contributed by atoms with Gasteiger partial charge >= 0.3 is 0 Å². The number of halogens is 1. The van der Waals surface area contributed by atoms with Crippen LogP contribution < -0.4 is 5.32 Å². The highest BCUT2D eigenvalue weighted by molar-refractivity contribution is 8.01. The van der Waals surface area contributed by atoms with E-state index >= 15 is 0 Å². The van der Waals surface area contributed by atoms with Crippen LogP contribution in [-0.4, -0.2) is 38.4 Å². The monoisotopic (exact) mass is 393 g/mol. The number of anilines is 1. The number of aromatic nitrogens is 1. The minimum Gasteiger partial charge on any atom is -0.315 e. The Kier molecular flexibility index (Phi) is 4.25. The third kappa shape index (κ3) is 3.05. The molecule has 0 bridgehead atoms. The molecule has 2 atom stereocenters. The van der Waals surface area contributed by atoms with Crippen molar-refractivity contribution >= 4 is 51.6 Å². The average molecular weight is 394 g/mol. The van der Waals surface area contributed by atoms with Crippen molar-refractivity contribution in [2.24, 2.45) is 0 Å². The second-order valence-electron chi connectivity index (χ2n) is 6.30. The standard InChI is InChI=1S/C17H16ClN3O2S2/c1-17-7-6-14(22)21(17)13(9-25-17)15(23)20-16-19-12(8-24-16)10-2-4-11(18)5-3-10/h2-5,8,13H,6-7,9H2,1H3,(H,19,20,23)/t13-,17+/m1/s1. The van der Waals surface area contributed by atoms with Gasteiger partial charge in [0.1, 0.15) is 6.04 Å². The van der Waals surface area contributed by atoms with Crippen LogP contribution in [0.25, 0.3) is 11.3 Å². The molecule has 2 amide bonds. The number of carbonyl (C=O) groups is 2. The van der Waals surface area contributed by atoms with Crippen molar-refractivity contribution in [3.05, 3.63) is 34.7 Å². The summed E-state index contributed by atoms with van der Waals surface area (Å²) in [6.45, 7) is 2.04. The topological polar surface area (TPSA) is 62.3 Å². The Hall–Kier alpha value is -1.57. The lowest BCUT2D eigenvalue weighted by molar-refractivity contribution is -0.135. The third-order valence-electron chi connectivity index (χ3n) is 4.62. The van der Waals surface area contributed by atoms with Crippen LogP contribution in [-0.2, 0) is 9.59 Å². The zero-order chi connectivity index (χ0) is 17.6. The van der Waals surface area contributed by atoms with Crippen LogP contribution in [0.15, 0.2) is 29.6 Å². The molecule has 1 aromatic heterocycles. The van der Waals surface area contributed by atoms with Crippen LogP contribution >= 0.6 is 34.7 Å². The molecule has 2 aliphatic rings. The highest BCUT2D eigenvalue weighted by atomic mass is 35.5. The molecule has 2 aromatic rings. The molecule has 5 nitrogen and oxygen atoms in total. The Bertz CT molecular complexity index is 839. The van der Waals surface area contributed by atoms with E-state index in [9.17, 15) is 9.59 Å². The van der Waals surface area contributed by atoms with Crippen molar-refractivity contribution in [1.29, 1.82) is 0 Å². The van der Waals surface area contributed by atoms with E-state index in [1.54, 1.807) is 16.7 Å². The normalized spacial score (nSPS) is 25.3.